The van der Waals surface area contributed by atoms with Crippen LogP contribution in [0, 0.1) is 11.3 Å². The molecule has 0 radical (unpaired) electrons. The number of nitrogens with zero attached hydrogens (tertiary/aromatic N) is 2. The Labute approximate surface area is 121 Å². The largest absolute Gasteiger partial charge is 0.467 e. The summed E-state index contributed by atoms with van der Waals surface area (Å²) in [6.07, 6.45) is 0.614. The number of likely N-dealkylation sites (tertiary alicyclic amines) is 1. The maximum Gasteiger partial charge on any atom is 0.328 e. The van der Waals surface area contributed by atoms with E-state index in [0.717, 1.165) is 0 Å². The molecule has 2 unspecified atom stereocenters. The van der Waals surface area contributed by atoms with Crippen molar-refractivity contribution in [3.8, 4) is 6.07 Å². The van der Waals surface area contributed by atoms with E-state index in [-0.39, 0.29) is 12.3 Å². The van der Waals surface area contributed by atoms with Crippen molar-refractivity contribution < 1.29 is 14.3 Å². The molecule has 1 amide bonds. The Bertz CT molecular complexity index is 565. The molecule has 0 saturated carbocycles. The van der Waals surface area contributed by atoms with Crippen molar-refractivity contribution in [1.29, 1.82) is 5.26 Å². The summed E-state index contributed by atoms with van der Waals surface area (Å²) in [5.41, 5.74) is 0.626. The summed E-state index contributed by atoms with van der Waals surface area (Å²) in [6, 6.07) is 7.21. The summed E-state index contributed by atoms with van der Waals surface area (Å²) < 4.78 is 4.70. The molecular formula is C14H13ClN2O3. The van der Waals surface area contributed by atoms with E-state index in [2.05, 4.69) is 6.07 Å². The molecule has 1 heterocycles. The van der Waals surface area contributed by atoms with Crippen molar-refractivity contribution >= 4 is 23.5 Å². The summed E-state index contributed by atoms with van der Waals surface area (Å²) in [5.74, 6) is -0.716. The van der Waals surface area contributed by atoms with Gasteiger partial charge in [-0.2, -0.15) is 5.26 Å². The SMILES string of the molecule is COC(=O)C1CCC(=O)N1C(C#N)c1ccc(Cl)cc1. The molecule has 1 aliphatic rings. The number of amides is 1. The molecular weight excluding hydrogens is 280 g/mol. The average molecular weight is 293 g/mol. The quantitative estimate of drug-likeness (QED) is 0.800. The van der Waals surface area contributed by atoms with Gasteiger partial charge in [-0.1, -0.05) is 23.7 Å². The fraction of sp³-hybridized carbons (Fsp3) is 0.357. The molecule has 2 atom stereocenters. The molecule has 0 aromatic heterocycles. The highest BCUT2D eigenvalue weighted by Crippen LogP contribution is 2.31. The Morgan fingerprint density at radius 1 is 1.50 bits per heavy atom. The summed E-state index contributed by atoms with van der Waals surface area (Å²) in [6.45, 7) is 0. The highest BCUT2D eigenvalue weighted by Gasteiger charge is 2.41. The number of ether oxygens (including phenoxy) is 1. The number of benzene rings is 1. The summed E-state index contributed by atoms with van der Waals surface area (Å²) in [5, 5.41) is 9.91. The van der Waals surface area contributed by atoms with E-state index in [9.17, 15) is 14.9 Å². The Kier molecular flexibility index (Phi) is 4.26. The van der Waals surface area contributed by atoms with Gasteiger partial charge in [0.2, 0.25) is 5.91 Å². The minimum atomic E-state index is -0.814. The average Bonchev–Trinajstić information content (AvgIpc) is 2.83. The zero-order chi connectivity index (χ0) is 14.7. The zero-order valence-electron chi connectivity index (χ0n) is 10.9. The van der Waals surface area contributed by atoms with E-state index < -0.39 is 18.1 Å². The van der Waals surface area contributed by atoms with E-state index >= 15 is 0 Å². The van der Waals surface area contributed by atoms with Crippen LogP contribution in [-0.4, -0.2) is 29.9 Å². The number of halogens is 1. The molecule has 20 heavy (non-hydrogen) atoms. The lowest BCUT2D eigenvalue weighted by molar-refractivity contribution is -0.150. The summed E-state index contributed by atoms with van der Waals surface area (Å²) in [4.78, 5) is 25.0. The van der Waals surface area contributed by atoms with Crippen LogP contribution in [0.2, 0.25) is 5.02 Å². The van der Waals surface area contributed by atoms with Crippen LogP contribution in [0.15, 0.2) is 24.3 Å². The van der Waals surface area contributed by atoms with Gasteiger partial charge in [0.05, 0.1) is 13.2 Å². The second kappa shape index (κ2) is 5.93. The van der Waals surface area contributed by atoms with Gasteiger partial charge < -0.3 is 9.64 Å². The second-order valence-corrected chi connectivity index (χ2v) is 4.90. The molecule has 2 rings (SSSR count). The van der Waals surface area contributed by atoms with Gasteiger partial charge in [-0.05, 0) is 24.1 Å². The lowest BCUT2D eigenvalue weighted by Crippen LogP contribution is -2.41. The number of esters is 1. The number of hydrogen-bond donors (Lipinski definition) is 0. The maximum atomic E-state index is 12.0. The molecule has 5 nitrogen and oxygen atoms in total. The van der Waals surface area contributed by atoms with Crippen LogP contribution in [0.5, 0.6) is 0 Å². The van der Waals surface area contributed by atoms with E-state index in [4.69, 9.17) is 16.3 Å². The molecule has 6 heteroatoms. The molecule has 1 aromatic rings. The Morgan fingerprint density at radius 3 is 2.70 bits per heavy atom. The van der Waals surface area contributed by atoms with Crippen LogP contribution >= 0.6 is 11.6 Å². The van der Waals surface area contributed by atoms with Crippen molar-refractivity contribution in [2.75, 3.05) is 7.11 Å². The monoisotopic (exact) mass is 292 g/mol. The van der Waals surface area contributed by atoms with Crippen molar-refractivity contribution in [3.63, 3.8) is 0 Å². The van der Waals surface area contributed by atoms with Crippen molar-refractivity contribution in [3.05, 3.63) is 34.9 Å². The number of rotatable bonds is 3. The highest BCUT2D eigenvalue weighted by molar-refractivity contribution is 6.30. The van der Waals surface area contributed by atoms with Gasteiger partial charge in [-0.15, -0.1) is 0 Å². The number of carbonyl (C=O) groups is 2. The van der Waals surface area contributed by atoms with Gasteiger partial charge >= 0.3 is 5.97 Å². The molecule has 0 N–H and O–H groups in total. The van der Waals surface area contributed by atoms with Crippen molar-refractivity contribution in [2.24, 2.45) is 0 Å². The fourth-order valence-electron chi connectivity index (χ4n) is 2.34. The molecule has 0 bridgehead atoms. The first-order chi connectivity index (χ1) is 9.58. The minimum absolute atomic E-state index is 0.220. The van der Waals surface area contributed by atoms with Gasteiger partial charge in [-0.3, -0.25) is 4.79 Å². The molecule has 104 valence electrons. The van der Waals surface area contributed by atoms with Gasteiger partial charge in [0.15, 0.2) is 0 Å². The number of methoxy groups -OCH3 is 1. The summed E-state index contributed by atoms with van der Waals surface area (Å²) in [7, 11) is 1.27. The molecule has 1 aliphatic heterocycles. The van der Waals surface area contributed by atoms with E-state index in [0.29, 0.717) is 17.0 Å². The first-order valence-corrected chi connectivity index (χ1v) is 6.50. The lowest BCUT2D eigenvalue weighted by Gasteiger charge is -2.27. The standard InChI is InChI=1S/C14H13ClN2O3/c1-20-14(19)11-6-7-13(18)17(11)12(8-16)9-2-4-10(15)5-3-9/h2-5,11-12H,6-7H2,1H3. The number of hydrogen-bond acceptors (Lipinski definition) is 4. The van der Waals surface area contributed by atoms with Gasteiger partial charge in [0.25, 0.3) is 0 Å². The normalized spacial score (nSPS) is 19.6. The van der Waals surface area contributed by atoms with Crippen LogP contribution in [0.25, 0.3) is 0 Å². The Hall–Kier alpha value is -2.06. The van der Waals surface area contributed by atoms with E-state index in [1.807, 2.05) is 0 Å². The van der Waals surface area contributed by atoms with E-state index in [1.54, 1.807) is 24.3 Å². The summed E-state index contributed by atoms with van der Waals surface area (Å²) >= 11 is 5.81. The van der Waals surface area contributed by atoms with Crippen LogP contribution in [0.4, 0.5) is 0 Å². The topological polar surface area (TPSA) is 70.4 Å². The zero-order valence-corrected chi connectivity index (χ0v) is 11.6. The van der Waals surface area contributed by atoms with E-state index in [1.165, 1.54) is 12.0 Å². The molecule has 1 fully saturated rings. The van der Waals surface area contributed by atoms with Gasteiger partial charge in [-0.25, -0.2) is 4.79 Å². The predicted octanol–water partition coefficient (Wildman–Crippen LogP) is 2.07. The molecule has 1 saturated heterocycles. The van der Waals surface area contributed by atoms with Gasteiger partial charge in [0, 0.05) is 11.4 Å². The number of nitriles is 1. The molecule has 0 spiro atoms. The van der Waals surface area contributed by atoms with Crippen molar-refractivity contribution in [1.82, 2.24) is 4.90 Å². The lowest BCUT2D eigenvalue weighted by atomic mass is 10.1. The van der Waals surface area contributed by atoms with Gasteiger partial charge in [0.1, 0.15) is 12.1 Å². The molecule has 0 aliphatic carbocycles. The second-order valence-electron chi connectivity index (χ2n) is 4.46. The maximum absolute atomic E-state index is 12.0. The first-order valence-electron chi connectivity index (χ1n) is 6.12. The van der Waals surface area contributed by atoms with Crippen LogP contribution in [0.1, 0.15) is 24.4 Å². The Morgan fingerprint density at radius 2 is 2.15 bits per heavy atom. The van der Waals surface area contributed by atoms with Crippen LogP contribution in [0.3, 0.4) is 0 Å². The molecule has 1 aromatic carbocycles. The first kappa shape index (κ1) is 14.4. The third kappa shape index (κ3) is 2.61. The van der Waals surface area contributed by atoms with Crippen molar-refractivity contribution in [2.45, 2.75) is 24.9 Å². The van der Waals surface area contributed by atoms with Crippen LogP contribution < -0.4 is 0 Å². The minimum Gasteiger partial charge on any atom is -0.467 e. The number of carbonyl (C=O) groups excluding carboxylic acids is 2. The van der Waals surface area contributed by atoms with Crippen LogP contribution in [-0.2, 0) is 14.3 Å². The predicted molar refractivity (Wildman–Crippen MR) is 71.7 cm³/mol. The smallest absolute Gasteiger partial charge is 0.328 e. The highest BCUT2D eigenvalue weighted by atomic mass is 35.5. The Balaban J connectivity index is 2.34. The third-order valence-corrected chi connectivity index (χ3v) is 3.57. The third-order valence-electron chi connectivity index (χ3n) is 3.31. The fourth-order valence-corrected chi connectivity index (χ4v) is 2.46.